The molecule has 0 bridgehead atoms. The van der Waals surface area contributed by atoms with E-state index in [0.717, 1.165) is 24.1 Å². The highest BCUT2D eigenvalue weighted by molar-refractivity contribution is 14.0. The van der Waals surface area contributed by atoms with Crippen molar-refractivity contribution in [2.24, 2.45) is 4.99 Å². The molecule has 1 saturated heterocycles. The second kappa shape index (κ2) is 14.1. The predicted octanol–water partition coefficient (Wildman–Crippen LogP) is 3.60. The number of hydrogen-bond donors (Lipinski definition) is 2. The van der Waals surface area contributed by atoms with Gasteiger partial charge in [0, 0.05) is 26.2 Å². The Balaban J connectivity index is 0.00000385. The highest BCUT2D eigenvalue weighted by Gasteiger charge is 2.15. The molecule has 1 fully saturated rings. The van der Waals surface area contributed by atoms with Gasteiger partial charge in [-0.15, -0.1) is 24.0 Å². The van der Waals surface area contributed by atoms with Crippen LogP contribution in [-0.4, -0.2) is 59.6 Å². The fraction of sp³-hybridized carbons (Fsp3) is 0.458. The molecule has 1 aliphatic heterocycles. The number of benzene rings is 2. The molecule has 3 rings (SSSR count). The lowest BCUT2D eigenvalue weighted by Gasteiger charge is -2.29. The predicted molar refractivity (Wildman–Crippen MR) is 141 cm³/mol. The Morgan fingerprint density at radius 1 is 1.03 bits per heavy atom. The summed E-state index contributed by atoms with van der Waals surface area (Å²) >= 11 is 0. The van der Waals surface area contributed by atoms with Gasteiger partial charge in [-0.1, -0.05) is 12.1 Å². The van der Waals surface area contributed by atoms with Crippen LogP contribution in [0.3, 0.4) is 0 Å². The fourth-order valence-electron chi connectivity index (χ4n) is 3.58. The molecule has 33 heavy (non-hydrogen) atoms. The van der Waals surface area contributed by atoms with Gasteiger partial charge in [-0.2, -0.15) is 0 Å². The van der Waals surface area contributed by atoms with Gasteiger partial charge in [-0.05, 0) is 48.7 Å². The minimum absolute atomic E-state index is 0. The highest BCUT2D eigenvalue weighted by atomic mass is 127. The molecule has 0 aliphatic carbocycles. The van der Waals surface area contributed by atoms with E-state index in [1.54, 1.807) is 20.3 Å². The first-order chi connectivity index (χ1) is 15.6. The number of guanidine groups is 1. The number of nitrogens with zero attached hydrogens (tertiary/aromatic N) is 2. The minimum Gasteiger partial charge on any atom is -0.493 e. The van der Waals surface area contributed by atoms with Gasteiger partial charge in [0.2, 0.25) is 0 Å². The van der Waals surface area contributed by atoms with Crippen molar-refractivity contribution in [2.45, 2.75) is 19.9 Å². The lowest BCUT2D eigenvalue weighted by Crippen LogP contribution is -2.38. The van der Waals surface area contributed by atoms with E-state index in [-0.39, 0.29) is 29.8 Å². The van der Waals surface area contributed by atoms with Crippen LogP contribution in [0.25, 0.3) is 0 Å². The maximum absolute atomic E-state index is 14.6. The molecule has 2 aromatic rings. The number of hydrogen-bond acceptors (Lipinski definition) is 5. The fourth-order valence-corrected chi connectivity index (χ4v) is 3.58. The minimum atomic E-state index is -0.217. The number of morpholine rings is 1. The number of nitrogens with one attached hydrogen (secondary N) is 2. The summed E-state index contributed by atoms with van der Waals surface area (Å²) in [6, 6.07) is 11.2. The largest absolute Gasteiger partial charge is 0.493 e. The molecule has 0 radical (unpaired) electrons. The van der Waals surface area contributed by atoms with Crippen LogP contribution in [0, 0.1) is 5.82 Å². The zero-order valence-corrected chi connectivity index (χ0v) is 21.9. The number of anilines is 1. The van der Waals surface area contributed by atoms with Crippen LogP contribution in [0.4, 0.5) is 10.1 Å². The molecular formula is C24H34FIN4O3. The van der Waals surface area contributed by atoms with Crippen LogP contribution in [0.5, 0.6) is 11.5 Å². The van der Waals surface area contributed by atoms with Gasteiger partial charge in [0.25, 0.3) is 0 Å². The van der Waals surface area contributed by atoms with Gasteiger partial charge >= 0.3 is 0 Å². The Kier molecular flexibility index (Phi) is 11.5. The molecule has 0 saturated carbocycles. The zero-order valence-electron chi connectivity index (χ0n) is 19.5. The van der Waals surface area contributed by atoms with Crippen molar-refractivity contribution in [3.8, 4) is 11.5 Å². The molecule has 0 amide bonds. The van der Waals surface area contributed by atoms with E-state index in [1.165, 1.54) is 0 Å². The van der Waals surface area contributed by atoms with Gasteiger partial charge < -0.3 is 29.7 Å². The molecule has 0 aromatic heterocycles. The van der Waals surface area contributed by atoms with Crippen LogP contribution < -0.4 is 25.0 Å². The first-order valence-electron chi connectivity index (χ1n) is 11.0. The first-order valence-corrected chi connectivity index (χ1v) is 11.0. The third kappa shape index (κ3) is 7.92. The van der Waals surface area contributed by atoms with Crippen LogP contribution in [0.1, 0.15) is 18.1 Å². The Hall–Kier alpha value is -2.27. The normalized spacial score (nSPS) is 13.8. The molecule has 2 N–H and O–H groups in total. The molecule has 1 aliphatic rings. The summed E-state index contributed by atoms with van der Waals surface area (Å²) in [5, 5.41) is 6.57. The number of methoxy groups -OCH3 is 2. The average Bonchev–Trinajstić information content (AvgIpc) is 2.83. The van der Waals surface area contributed by atoms with Crippen molar-refractivity contribution in [1.82, 2.24) is 10.6 Å². The monoisotopic (exact) mass is 572 g/mol. The lowest BCUT2D eigenvalue weighted by atomic mass is 10.1. The van der Waals surface area contributed by atoms with E-state index in [1.807, 2.05) is 42.2 Å². The van der Waals surface area contributed by atoms with Crippen LogP contribution >= 0.6 is 24.0 Å². The van der Waals surface area contributed by atoms with E-state index < -0.39 is 0 Å². The summed E-state index contributed by atoms with van der Waals surface area (Å²) in [5.74, 6) is 1.91. The molecule has 182 valence electrons. The zero-order chi connectivity index (χ0) is 22.8. The van der Waals surface area contributed by atoms with Gasteiger partial charge in [0.05, 0.1) is 39.7 Å². The SMILES string of the molecule is CCNC(=NCc1ccc(N2CCOCC2)c(F)c1)NCCc1ccc(OC)c(OC)c1.I. The van der Waals surface area contributed by atoms with Gasteiger partial charge in [0.15, 0.2) is 17.5 Å². The van der Waals surface area contributed by atoms with E-state index in [4.69, 9.17) is 14.2 Å². The Bertz CT molecular complexity index is 907. The second-order valence-electron chi connectivity index (χ2n) is 7.45. The second-order valence-corrected chi connectivity index (χ2v) is 7.45. The standard InChI is InChI=1S/C24H33FN4O3.HI/c1-4-26-24(27-10-9-18-6-8-22(30-2)23(16-18)31-3)28-17-19-5-7-21(20(25)15-19)29-11-13-32-14-12-29;/h5-8,15-16H,4,9-14,17H2,1-3H3,(H2,26,27,28);1H. The van der Waals surface area contributed by atoms with E-state index in [2.05, 4.69) is 15.6 Å². The molecule has 9 heteroatoms. The van der Waals surface area contributed by atoms with Crippen molar-refractivity contribution < 1.29 is 18.6 Å². The summed E-state index contributed by atoms with van der Waals surface area (Å²) in [6.45, 7) is 6.54. The van der Waals surface area contributed by atoms with Gasteiger partial charge in [0.1, 0.15) is 5.82 Å². The topological polar surface area (TPSA) is 67.4 Å². The van der Waals surface area contributed by atoms with E-state index in [9.17, 15) is 4.39 Å². The van der Waals surface area contributed by atoms with Crippen molar-refractivity contribution in [3.05, 3.63) is 53.3 Å². The summed E-state index contributed by atoms with van der Waals surface area (Å²) in [4.78, 5) is 6.63. The average molecular weight is 572 g/mol. The summed E-state index contributed by atoms with van der Waals surface area (Å²) < 4.78 is 30.6. The van der Waals surface area contributed by atoms with Crippen LogP contribution in [0.15, 0.2) is 41.4 Å². The Morgan fingerprint density at radius 3 is 2.42 bits per heavy atom. The molecule has 7 nitrogen and oxygen atoms in total. The smallest absolute Gasteiger partial charge is 0.191 e. The summed E-state index contributed by atoms with van der Waals surface area (Å²) in [7, 11) is 3.26. The van der Waals surface area contributed by atoms with Crippen molar-refractivity contribution in [2.75, 3.05) is 58.5 Å². The third-order valence-corrected chi connectivity index (χ3v) is 5.28. The lowest BCUT2D eigenvalue weighted by molar-refractivity contribution is 0.122. The van der Waals surface area contributed by atoms with Crippen molar-refractivity contribution in [1.29, 1.82) is 0 Å². The highest BCUT2D eigenvalue weighted by Crippen LogP contribution is 2.27. The van der Waals surface area contributed by atoms with Crippen molar-refractivity contribution in [3.63, 3.8) is 0 Å². The molecule has 2 aromatic carbocycles. The maximum atomic E-state index is 14.6. The number of aliphatic imine (C=N–C) groups is 1. The Labute approximate surface area is 212 Å². The van der Waals surface area contributed by atoms with Crippen LogP contribution in [-0.2, 0) is 17.7 Å². The molecule has 1 heterocycles. The number of rotatable bonds is 9. The van der Waals surface area contributed by atoms with Gasteiger partial charge in [-0.3, -0.25) is 0 Å². The maximum Gasteiger partial charge on any atom is 0.191 e. The molecule has 0 spiro atoms. The molecule has 0 unspecified atom stereocenters. The van der Waals surface area contributed by atoms with Crippen molar-refractivity contribution >= 4 is 35.6 Å². The quantitative estimate of drug-likeness (QED) is 0.272. The number of halogens is 2. The third-order valence-electron chi connectivity index (χ3n) is 5.28. The molecular weight excluding hydrogens is 538 g/mol. The molecule has 0 atom stereocenters. The summed E-state index contributed by atoms with van der Waals surface area (Å²) in [5.41, 5.74) is 2.59. The van der Waals surface area contributed by atoms with Crippen LogP contribution in [0.2, 0.25) is 0 Å². The first kappa shape index (κ1) is 27.0. The van der Waals surface area contributed by atoms with Gasteiger partial charge in [-0.25, -0.2) is 9.38 Å². The van der Waals surface area contributed by atoms with E-state index in [0.29, 0.717) is 62.5 Å². The Morgan fingerprint density at radius 2 is 1.76 bits per heavy atom. The number of ether oxygens (including phenoxy) is 3. The van der Waals surface area contributed by atoms with E-state index >= 15 is 0 Å². The summed E-state index contributed by atoms with van der Waals surface area (Å²) in [6.07, 6.45) is 0.799.